The standard InChI is InChI=1S/C26H24N4O3/c31-24(29-13-11-28(12-14-29)17-20-6-4-10-27-16-20)21-7-3-5-19(15-21)18-30-25(32)22-8-1-2-9-23(22)26(30)33/h1-10,15-16H,11-14,17-18H2. The van der Waals surface area contributed by atoms with Gasteiger partial charge in [0.25, 0.3) is 17.7 Å². The molecule has 1 saturated heterocycles. The van der Waals surface area contributed by atoms with Gasteiger partial charge in [-0.2, -0.15) is 0 Å². The zero-order valence-corrected chi connectivity index (χ0v) is 18.2. The van der Waals surface area contributed by atoms with Crippen LogP contribution < -0.4 is 0 Å². The van der Waals surface area contributed by atoms with E-state index in [4.69, 9.17) is 0 Å². The Morgan fingerprint density at radius 1 is 0.788 bits per heavy atom. The summed E-state index contributed by atoms with van der Waals surface area (Å²) < 4.78 is 0. The molecule has 2 aliphatic rings. The summed E-state index contributed by atoms with van der Waals surface area (Å²) in [4.78, 5) is 48.0. The Labute approximate surface area is 192 Å². The van der Waals surface area contributed by atoms with Gasteiger partial charge in [-0.1, -0.05) is 30.3 Å². The maximum atomic E-state index is 13.1. The van der Waals surface area contributed by atoms with Gasteiger partial charge < -0.3 is 4.90 Å². The number of hydrogen-bond donors (Lipinski definition) is 0. The van der Waals surface area contributed by atoms with E-state index in [2.05, 4.69) is 16.0 Å². The first-order valence-corrected chi connectivity index (χ1v) is 11.0. The lowest BCUT2D eigenvalue weighted by atomic mass is 10.1. The molecule has 0 saturated carbocycles. The number of carbonyl (C=O) groups is 3. The summed E-state index contributed by atoms with van der Waals surface area (Å²) in [6, 6.07) is 18.1. The summed E-state index contributed by atoms with van der Waals surface area (Å²) in [5, 5.41) is 0. The molecule has 0 spiro atoms. The Balaban J connectivity index is 1.22. The van der Waals surface area contributed by atoms with E-state index in [1.807, 2.05) is 23.2 Å². The summed E-state index contributed by atoms with van der Waals surface area (Å²) >= 11 is 0. The van der Waals surface area contributed by atoms with Gasteiger partial charge in [0.05, 0.1) is 17.7 Å². The first kappa shape index (κ1) is 21.0. The number of amides is 3. The molecule has 2 aromatic carbocycles. The van der Waals surface area contributed by atoms with E-state index in [0.717, 1.165) is 30.8 Å². The number of hydrogen-bond acceptors (Lipinski definition) is 5. The average Bonchev–Trinajstić information content (AvgIpc) is 3.10. The van der Waals surface area contributed by atoms with E-state index in [9.17, 15) is 14.4 Å². The van der Waals surface area contributed by atoms with Crippen LogP contribution in [-0.4, -0.2) is 63.6 Å². The van der Waals surface area contributed by atoms with Gasteiger partial charge in [-0.15, -0.1) is 0 Å². The molecule has 2 aliphatic heterocycles. The predicted octanol–water partition coefficient (Wildman–Crippen LogP) is 2.84. The zero-order valence-electron chi connectivity index (χ0n) is 18.2. The van der Waals surface area contributed by atoms with Crippen LogP contribution in [0.2, 0.25) is 0 Å². The fourth-order valence-corrected chi connectivity index (χ4v) is 4.41. The van der Waals surface area contributed by atoms with Crippen LogP contribution in [0, 0.1) is 0 Å². The Morgan fingerprint density at radius 3 is 2.15 bits per heavy atom. The van der Waals surface area contributed by atoms with E-state index >= 15 is 0 Å². The normalized spacial score (nSPS) is 16.2. The van der Waals surface area contributed by atoms with Crippen LogP contribution in [0.3, 0.4) is 0 Å². The Morgan fingerprint density at radius 2 is 1.48 bits per heavy atom. The van der Waals surface area contributed by atoms with Crippen LogP contribution >= 0.6 is 0 Å². The van der Waals surface area contributed by atoms with Crippen molar-refractivity contribution < 1.29 is 14.4 Å². The van der Waals surface area contributed by atoms with Crippen LogP contribution in [0.1, 0.15) is 42.2 Å². The SMILES string of the molecule is O=C(c1cccc(CN2C(=O)c3ccccc3C2=O)c1)N1CCN(Cc2cccnc2)CC1. The van der Waals surface area contributed by atoms with Gasteiger partial charge in [-0.3, -0.25) is 29.2 Å². The number of benzene rings is 2. The monoisotopic (exact) mass is 440 g/mol. The fourth-order valence-electron chi connectivity index (χ4n) is 4.41. The Hall–Kier alpha value is -3.84. The molecule has 3 heterocycles. The molecule has 5 rings (SSSR count). The molecule has 166 valence electrons. The molecule has 7 heteroatoms. The average molecular weight is 441 g/mol. The van der Waals surface area contributed by atoms with Crippen molar-refractivity contribution in [2.24, 2.45) is 0 Å². The quantitative estimate of drug-likeness (QED) is 0.571. The van der Waals surface area contributed by atoms with E-state index in [1.165, 1.54) is 4.90 Å². The third-order valence-corrected chi connectivity index (χ3v) is 6.18. The second-order valence-electron chi connectivity index (χ2n) is 8.37. The van der Waals surface area contributed by atoms with E-state index in [1.54, 1.807) is 48.7 Å². The van der Waals surface area contributed by atoms with Gasteiger partial charge in [0.15, 0.2) is 0 Å². The van der Waals surface area contributed by atoms with Crippen molar-refractivity contribution in [1.29, 1.82) is 0 Å². The summed E-state index contributed by atoms with van der Waals surface area (Å²) in [6.45, 7) is 3.88. The lowest BCUT2D eigenvalue weighted by Crippen LogP contribution is -2.48. The van der Waals surface area contributed by atoms with Gasteiger partial charge in [-0.05, 0) is 41.5 Å². The lowest BCUT2D eigenvalue weighted by Gasteiger charge is -2.34. The molecular formula is C26H24N4O3. The van der Waals surface area contributed by atoms with Crippen molar-refractivity contribution in [3.63, 3.8) is 0 Å². The van der Waals surface area contributed by atoms with E-state index < -0.39 is 0 Å². The second-order valence-corrected chi connectivity index (χ2v) is 8.37. The van der Waals surface area contributed by atoms with Gasteiger partial charge in [0.1, 0.15) is 0 Å². The summed E-state index contributed by atoms with van der Waals surface area (Å²) in [5.74, 6) is -0.616. The third-order valence-electron chi connectivity index (χ3n) is 6.18. The molecular weight excluding hydrogens is 416 g/mol. The number of piperazine rings is 1. The summed E-state index contributed by atoms with van der Waals surface area (Å²) in [7, 11) is 0. The molecule has 3 aromatic rings. The molecule has 3 amide bonds. The van der Waals surface area contributed by atoms with Gasteiger partial charge in [0.2, 0.25) is 0 Å². The van der Waals surface area contributed by atoms with Crippen LogP contribution in [0.25, 0.3) is 0 Å². The maximum Gasteiger partial charge on any atom is 0.261 e. The van der Waals surface area contributed by atoms with Crippen LogP contribution in [0.5, 0.6) is 0 Å². The molecule has 7 nitrogen and oxygen atoms in total. The fraction of sp³-hybridized carbons (Fsp3) is 0.231. The molecule has 1 fully saturated rings. The van der Waals surface area contributed by atoms with Crippen LogP contribution in [0.15, 0.2) is 73.1 Å². The maximum absolute atomic E-state index is 13.1. The van der Waals surface area contributed by atoms with Crippen molar-refractivity contribution in [3.8, 4) is 0 Å². The highest BCUT2D eigenvalue weighted by Gasteiger charge is 2.35. The summed E-state index contributed by atoms with van der Waals surface area (Å²) in [5.41, 5.74) is 3.35. The first-order chi connectivity index (χ1) is 16.1. The largest absolute Gasteiger partial charge is 0.336 e. The van der Waals surface area contributed by atoms with Crippen molar-refractivity contribution in [1.82, 2.24) is 19.7 Å². The number of carbonyl (C=O) groups excluding carboxylic acids is 3. The Bertz CT molecular complexity index is 1170. The number of nitrogens with zero attached hydrogens (tertiary/aromatic N) is 4. The van der Waals surface area contributed by atoms with Crippen molar-refractivity contribution in [2.45, 2.75) is 13.1 Å². The molecule has 0 radical (unpaired) electrons. The van der Waals surface area contributed by atoms with Gasteiger partial charge >= 0.3 is 0 Å². The minimum Gasteiger partial charge on any atom is -0.336 e. The number of aromatic nitrogens is 1. The number of rotatable bonds is 5. The first-order valence-electron chi connectivity index (χ1n) is 11.0. The van der Waals surface area contributed by atoms with E-state index in [-0.39, 0.29) is 24.3 Å². The van der Waals surface area contributed by atoms with Gasteiger partial charge in [0, 0.05) is 50.7 Å². The molecule has 0 aliphatic carbocycles. The Kier molecular flexibility index (Phi) is 5.71. The molecule has 0 N–H and O–H groups in total. The van der Waals surface area contributed by atoms with Crippen LogP contribution in [0.4, 0.5) is 0 Å². The molecule has 1 aromatic heterocycles. The summed E-state index contributed by atoms with van der Waals surface area (Å²) in [6.07, 6.45) is 3.64. The van der Waals surface area contributed by atoms with Crippen molar-refractivity contribution in [3.05, 3.63) is 101 Å². The molecule has 0 bridgehead atoms. The van der Waals surface area contributed by atoms with Gasteiger partial charge in [-0.25, -0.2) is 0 Å². The highest BCUT2D eigenvalue weighted by molar-refractivity contribution is 6.21. The topological polar surface area (TPSA) is 73.8 Å². The van der Waals surface area contributed by atoms with E-state index in [0.29, 0.717) is 29.8 Å². The highest BCUT2D eigenvalue weighted by Crippen LogP contribution is 2.24. The molecule has 0 atom stereocenters. The van der Waals surface area contributed by atoms with Crippen LogP contribution in [-0.2, 0) is 13.1 Å². The minimum atomic E-state index is -0.294. The minimum absolute atomic E-state index is 0.0276. The number of pyridine rings is 1. The predicted molar refractivity (Wildman–Crippen MR) is 123 cm³/mol. The lowest BCUT2D eigenvalue weighted by molar-refractivity contribution is 0.0626. The molecule has 33 heavy (non-hydrogen) atoms. The number of fused-ring (bicyclic) bond motifs is 1. The van der Waals surface area contributed by atoms with Crippen molar-refractivity contribution >= 4 is 17.7 Å². The zero-order chi connectivity index (χ0) is 22.8. The second kappa shape index (κ2) is 8.96. The van der Waals surface area contributed by atoms with Crippen molar-refractivity contribution in [2.75, 3.05) is 26.2 Å². The molecule has 0 unspecified atom stereocenters. The third kappa shape index (κ3) is 4.27. The highest BCUT2D eigenvalue weighted by atomic mass is 16.2. The smallest absolute Gasteiger partial charge is 0.261 e. The number of imide groups is 1.